The standard InChI is InChI=1S/C10H16N2O3/c13-6-8-2-3-9(14)10(8,15)12-5-1-4-11-7-12/h1,4-5,8-9,13-15H,2-3,6-7H2. The van der Waals surface area contributed by atoms with Crippen LogP contribution in [0.5, 0.6) is 0 Å². The zero-order chi connectivity index (χ0) is 10.9. The molecular formula is C10H16N2O3. The highest BCUT2D eigenvalue weighted by molar-refractivity contribution is 5.71. The Morgan fingerprint density at radius 3 is 2.87 bits per heavy atom. The molecule has 1 saturated carbocycles. The number of hydrogen-bond donors (Lipinski definition) is 3. The van der Waals surface area contributed by atoms with Crippen LogP contribution in [0, 0.1) is 5.92 Å². The molecule has 1 aliphatic carbocycles. The van der Waals surface area contributed by atoms with Gasteiger partial charge in [-0.2, -0.15) is 0 Å². The normalized spacial score (nSPS) is 40.1. The van der Waals surface area contributed by atoms with Crippen molar-refractivity contribution in [3.63, 3.8) is 0 Å². The number of aliphatic hydroxyl groups excluding tert-OH is 2. The highest BCUT2D eigenvalue weighted by Gasteiger charge is 2.51. The Labute approximate surface area is 88.4 Å². The lowest BCUT2D eigenvalue weighted by Gasteiger charge is -2.41. The average Bonchev–Trinajstić information content (AvgIpc) is 2.58. The fourth-order valence-corrected chi connectivity index (χ4v) is 2.33. The van der Waals surface area contributed by atoms with E-state index < -0.39 is 11.8 Å². The second kappa shape index (κ2) is 3.92. The van der Waals surface area contributed by atoms with E-state index in [4.69, 9.17) is 0 Å². The summed E-state index contributed by atoms with van der Waals surface area (Å²) >= 11 is 0. The van der Waals surface area contributed by atoms with Gasteiger partial charge in [0.1, 0.15) is 12.8 Å². The molecule has 0 spiro atoms. The van der Waals surface area contributed by atoms with Crippen LogP contribution in [0.2, 0.25) is 0 Å². The summed E-state index contributed by atoms with van der Waals surface area (Å²) in [6, 6.07) is 0. The minimum absolute atomic E-state index is 0.123. The van der Waals surface area contributed by atoms with Crippen LogP contribution in [0.25, 0.3) is 0 Å². The number of rotatable bonds is 2. The van der Waals surface area contributed by atoms with Gasteiger partial charge in [0.15, 0.2) is 5.72 Å². The van der Waals surface area contributed by atoms with E-state index in [1.807, 2.05) is 0 Å². The van der Waals surface area contributed by atoms with Crippen LogP contribution < -0.4 is 0 Å². The highest BCUT2D eigenvalue weighted by Crippen LogP contribution is 2.38. The molecule has 1 heterocycles. The van der Waals surface area contributed by atoms with Crippen molar-refractivity contribution in [2.24, 2.45) is 10.9 Å². The molecule has 0 aromatic carbocycles. The molecule has 15 heavy (non-hydrogen) atoms. The van der Waals surface area contributed by atoms with Crippen molar-refractivity contribution in [1.82, 2.24) is 4.90 Å². The number of hydrogen-bond acceptors (Lipinski definition) is 5. The number of nitrogens with zero attached hydrogens (tertiary/aromatic N) is 2. The number of aliphatic hydroxyl groups is 3. The molecule has 0 aromatic heterocycles. The maximum Gasteiger partial charge on any atom is 0.170 e. The Bertz CT molecular complexity index is 292. The van der Waals surface area contributed by atoms with Gasteiger partial charge in [-0.15, -0.1) is 0 Å². The van der Waals surface area contributed by atoms with Gasteiger partial charge < -0.3 is 20.2 Å². The summed E-state index contributed by atoms with van der Waals surface area (Å²) in [7, 11) is 0. The maximum atomic E-state index is 10.4. The van der Waals surface area contributed by atoms with E-state index in [9.17, 15) is 15.3 Å². The molecule has 3 unspecified atom stereocenters. The Balaban J connectivity index is 2.22. The fourth-order valence-electron chi connectivity index (χ4n) is 2.33. The molecule has 0 radical (unpaired) electrons. The predicted octanol–water partition coefficient (Wildman–Crippen LogP) is -0.704. The van der Waals surface area contributed by atoms with Crippen molar-refractivity contribution in [1.29, 1.82) is 0 Å². The smallest absolute Gasteiger partial charge is 0.170 e. The van der Waals surface area contributed by atoms with E-state index in [1.165, 1.54) is 0 Å². The van der Waals surface area contributed by atoms with Crippen LogP contribution in [0.1, 0.15) is 12.8 Å². The molecule has 1 aliphatic heterocycles. The van der Waals surface area contributed by atoms with Gasteiger partial charge in [0.2, 0.25) is 0 Å². The number of aliphatic imine (C=N–C) groups is 1. The third kappa shape index (κ3) is 1.56. The van der Waals surface area contributed by atoms with Gasteiger partial charge in [-0.25, -0.2) is 0 Å². The van der Waals surface area contributed by atoms with Gasteiger partial charge in [0, 0.05) is 18.3 Å². The van der Waals surface area contributed by atoms with Crippen molar-refractivity contribution < 1.29 is 15.3 Å². The van der Waals surface area contributed by atoms with E-state index in [2.05, 4.69) is 4.99 Å². The van der Waals surface area contributed by atoms with Gasteiger partial charge >= 0.3 is 0 Å². The molecule has 0 saturated heterocycles. The van der Waals surface area contributed by atoms with Gasteiger partial charge in [-0.1, -0.05) is 0 Å². The van der Waals surface area contributed by atoms with E-state index >= 15 is 0 Å². The lowest BCUT2D eigenvalue weighted by atomic mass is 9.97. The van der Waals surface area contributed by atoms with Crippen LogP contribution in [-0.2, 0) is 0 Å². The molecule has 0 amide bonds. The molecule has 3 N–H and O–H groups in total. The Hall–Kier alpha value is -0.910. The molecule has 2 rings (SSSR count). The van der Waals surface area contributed by atoms with Gasteiger partial charge in [0.05, 0.1) is 6.61 Å². The lowest BCUT2D eigenvalue weighted by molar-refractivity contribution is -0.176. The van der Waals surface area contributed by atoms with Crippen LogP contribution in [0.15, 0.2) is 17.3 Å². The Morgan fingerprint density at radius 1 is 1.47 bits per heavy atom. The first-order valence-electron chi connectivity index (χ1n) is 5.14. The lowest BCUT2D eigenvalue weighted by Crippen LogP contribution is -2.57. The van der Waals surface area contributed by atoms with Crippen molar-refractivity contribution in [3.05, 3.63) is 12.3 Å². The molecular weight excluding hydrogens is 196 g/mol. The van der Waals surface area contributed by atoms with E-state index in [1.54, 1.807) is 23.4 Å². The largest absolute Gasteiger partial charge is 0.396 e. The van der Waals surface area contributed by atoms with Crippen LogP contribution >= 0.6 is 0 Å². The summed E-state index contributed by atoms with van der Waals surface area (Å²) in [6.45, 7) is 0.197. The zero-order valence-corrected chi connectivity index (χ0v) is 8.45. The summed E-state index contributed by atoms with van der Waals surface area (Å²) in [5, 5.41) is 29.4. The van der Waals surface area contributed by atoms with Crippen molar-refractivity contribution in [3.8, 4) is 0 Å². The second-order valence-electron chi connectivity index (χ2n) is 4.04. The van der Waals surface area contributed by atoms with Crippen molar-refractivity contribution >= 4 is 6.21 Å². The van der Waals surface area contributed by atoms with Crippen molar-refractivity contribution in [2.45, 2.75) is 24.7 Å². The quantitative estimate of drug-likeness (QED) is 0.565. The molecule has 5 heteroatoms. The first kappa shape index (κ1) is 10.6. The van der Waals surface area contributed by atoms with E-state index in [0.717, 1.165) is 0 Å². The van der Waals surface area contributed by atoms with Gasteiger partial charge in [-0.05, 0) is 18.9 Å². The minimum atomic E-state index is -1.37. The van der Waals surface area contributed by atoms with E-state index in [-0.39, 0.29) is 12.5 Å². The number of allylic oxidation sites excluding steroid dienone is 1. The fraction of sp³-hybridized carbons (Fsp3) is 0.700. The summed E-state index contributed by atoms with van der Waals surface area (Å²) in [5.74, 6) is -0.314. The monoisotopic (exact) mass is 212 g/mol. The maximum absolute atomic E-state index is 10.4. The van der Waals surface area contributed by atoms with Gasteiger partial charge in [-0.3, -0.25) is 4.99 Å². The molecule has 0 aromatic rings. The summed E-state index contributed by atoms with van der Waals surface area (Å²) in [4.78, 5) is 5.60. The first-order valence-corrected chi connectivity index (χ1v) is 5.14. The average molecular weight is 212 g/mol. The van der Waals surface area contributed by atoms with Crippen LogP contribution in [0.3, 0.4) is 0 Å². The zero-order valence-electron chi connectivity index (χ0n) is 8.45. The second-order valence-corrected chi connectivity index (χ2v) is 4.04. The molecule has 3 atom stereocenters. The summed E-state index contributed by atoms with van der Waals surface area (Å²) < 4.78 is 0. The molecule has 1 fully saturated rings. The summed E-state index contributed by atoms with van der Waals surface area (Å²) in [6.07, 6.45) is 5.37. The van der Waals surface area contributed by atoms with Crippen molar-refractivity contribution in [2.75, 3.05) is 13.3 Å². The molecule has 5 nitrogen and oxygen atoms in total. The van der Waals surface area contributed by atoms with Gasteiger partial charge in [0.25, 0.3) is 0 Å². The van der Waals surface area contributed by atoms with Crippen LogP contribution in [-0.4, -0.2) is 51.5 Å². The SMILES string of the molecule is OCC1CCC(O)C1(O)N1C=CC=NC1. The minimum Gasteiger partial charge on any atom is -0.396 e. The summed E-state index contributed by atoms with van der Waals surface area (Å²) in [5.41, 5.74) is -1.37. The topological polar surface area (TPSA) is 76.3 Å². The highest BCUT2D eigenvalue weighted by atomic mass is 16.4. The van der Waals surface area contributed by atoms with E-state index in [0.29, 0.717) is 19.5 Å². The predicted molar refractivity (Wildman–Crippen MR) is 55.1 cm³/mol. The third-order valence-corrected chi connectivity index (χ3v) is 3.25. The Morgan fingerprint density at radius 2 is 2.27 bits per heavy atom. The Kier molecular flexibility index (Phi) is 2.77. The molecule has 2 aliphatic rings. The third-order valence-electron chi connectivity index (χ3n) is 3.25. The first-order chi connectivity index (χ1) is 7.19. The molecule has 84 valence electrons. The molecule has 0 bridgehead atoms. The van der Waals surface area contributed by atoms with Crippen LogP contribution in [0.4, 0.5) is 0 Å².